The minimum Gasteiger partial charge on any atom is -0.496 e. The van der Waals surface area contributed by atoms with Crippen LogP contribution in [0, 0.1) is 25.7 Å². The van der Waals surface area contributed by atoms with E-state index in [-0.39, 0.29) is 11.8 Å². The predicted molar refractivity (Wildman–Crippen MR) is 72.4 cm³/mol. The molecule has 0 bridgehead atoms. The van der Waals surface area contributed by atoms with Gasteiger partial charge in [-0.2, -0.15) is 0 Å². The first-order valence-corrected chi connectivity index (χ1v) is 6.76. The quantitative estimate of drug-likeness (QED) is 0.907. The molecule has 1 N–H and O–H groups in total. The lowest BCUT2D eigenvalue weighted by Gasteiger charge is -2.18. The van der Waals surface area contributed by atoms with Crippen LogP contribution in [-0.4, -0.2) is 23.2 Å². The van der Waals surface area contributed by atoms with Gasteiger partial charge in [0.1, 0.15) is 5.75 Å². The lowest BCUT2D eigenvalue weighted by Crippen LogP contribution is -2.20. The van der Waals surface area contributed by atoms with Crippen molar-refractivity contribution in [2.45, 2.75) is 39.5 Å². The highest BCUT2D eigenvalue weighted by atomic mass is 16.5. The number of carboxylic acid groups (broad SMARTS) is 1. The van der Waals surface area contributed by atoms with E-state index in [0.29, 0.717) is 0 Å². The van der Waals surface area contributed by atoms with E-state index in [1.807, 2.05) is 20.0 Å². The number of hydrogen-bond acceptors (Lipinski definition) is 3. The lowest BCUT2D eigenvalue weighted by atomic mass is 9.90. The number of rotatable bonds is 4. The Balaban J connectivity index is 2.22. The van der Waals surface area contributed by atoms with Gasteiger partial charge in [0.2, 0.25) is 0 Å². The van der Waals surface area contributed by atoms with Crippen molar-refractivity contribution < 1.29 is 14.6 Å². The van der Waals surface area contributed by atoms with E-state index < -0.39 is 5.97 Å². The lowest BCUT2D eigenvalue weighted by molar-refractivity contribution is -0.142. The van der Waals surface area contributed by atoms with E-state index >= 15 is 0 Å². The molecule has 1 fully saturated rings. The van der Waals surface area contributed by atoms with Crippen LogP contribution in [0.3, 0.4) is 0 Å². The standard InChI is InChI=1S/C15H21NO3/c1-9-8-16-13(10(2)14(9)19-3)7-11-5-4-6-12(11)15(17)18/h8,11-12H,4-7H2,1-3H3,(H,17,18). The molecule has 0 aliphatic heterocycles. The molecular formula is C15H21NO3. The van der Waals surface area contributed by atoms with Crippen molar-refractivity contribution in [1.82, 2.24) is 4.98 Å². The summed E-state index contributed by atoms with van der Waals surface area (Å²) in [7, 11) is 1.66. The summed E-state index contributed by atoms with van der Waals surface area (Å²) in [5.74, 6) is 0.193. The number of aliphatic carboxylic acids is 1. The van der Waals surface area contributed by atoms with Crippen LogP contribution >= 0.6 is 0 Å². The topological polar surface area (TPSA) is 59.4 Å². The van der Waals surface area contributed by atoms with Gasteiger partial charge in [0.15, 0.2) is 0 Å². The van der Waals surface area contributed by atoms with E-state index in [9.17, 15) is 9.90 Å². The van der Waals surface area contributed by atoms with Gasteiger partial charge in [-0.3, -0.25) is 9.78 Å². The summed E-state index contributed by atoms with van der Waals surface area (Å²) in [5.41, 5.74) is 3.03. The van der Waals surface area contributed by atoms with Crippen LogP contribution in [0.15, 0.2) is 6.20 Å². The third-order valence-electron chi connectivity index (χ3n) is 4.18. The largest absolute Gasteiger partial charge is 0.496 e. The fraction of sp³-hybridized carbons (Fsp3) is 0.600. The summed E-state index contributed by atoms with van der Waals surface area (Å²) in [6.07, 6.45) is 5.32. The van der Waals surface area contributed by atoms with Gasteiger partial charge < -0.3 is 9.84 Å². The number of methoxy groups -OCH3 is 1. The van der Waals surface area contributed by atoms with Crippen molar-refractivity contribution in [3.8, 4) is 5.75 Å². The molecule has 1 aliphatic rings. The van der Waals surface area contributed by atoms with Crippen molar-refractivity contribution in [3.05, 3.63) is 23.0 Å². The Morgan fingerprint density at radius 2 is 2.21 bits per heavy atom. The van der Waals surface area contributed by atoms with Gasteiger partial charge in [0.05, 0.1) is 13.0 Å². The van der Waals surface area contributed by atoms with Crippen molar-refractivity contribution in [2.75, 3.05) is 7.11 Å². The number of pyridine rings is 1. The van der Waals surface area contributed by atoms with Crippen LogP contribution in [0.1, 0.15) is 36.1 Å². The average Bonchev–Trinajstić information content (AvgIpc) is 2.82. The molecule has 0 spiro atoms. The predicted octanol–water partition coefficient (Wildman–Crippen LogP) is 2.75. The van der Waals surface area contributed by atoms with Gasteiger partial charge in [-0.1, -0.05) is 6.42 Å². The van der Waals surface area contributed by atoms with Crippen LogP contribution < -0.4 is 4.74 Å². The highest BCUT2D eigenvalue weighted by molar-refractivity contribution is 5.70. The van der Waals surface area contributed by atoms with Crippen molar-refractivity contribution in [2.24, 2.45) is 11.8 Å². The molecule has 4 heteroatoms. The summed E-state index contributed by atoms with van der Waals surface area (Å²) < 4.78 is 5.40. The SMILES string of the molecule is COc1c(C)cnc(CC2CCCC2C(=O)O)c1C. The van der Waals surface area contributed by atoms with Gasteiger partial charge in [0.25, 0.3) is 0 Å². The van der Waals surface area contributed by atoms with E-state index in [2.05, 4.69) is 4.98 Å². The Kier molecular flexibility index (Phi) is 4.08. The molecular weight excluding hydrogens is 242 g/mol. The van der Waals surface area contributed by atoms with E-state index in [0.717, 1.165) is 48.3 Å². The van der Waals surface area contributed by atoms with E-state index in [1.54, 1.807) is 7.11 Å². The molecule has 2 atom stereocenters. The minimum atomic E-state index is -0.667. The van der Waals surface area contributed by atoms with Crippen LogP contribution in [0.25, 0.3) is 0 Å². The zero-order chi connectivity index (χ0) is 14.0. The van der Waals surface area contributed by atoms with E-state index in [4.69, 9.17) is 4.74 Å². The number of ether oxygens (including phenoxy) is 1. The van der Waals surface area contributed by atoms with Crippen LogP contribution in [0.2, 0.25) is 0 Å². The zero-order valence-electron chi connectivity index (χ0n) is 11.8. The minimum absolute atomic E-state index is 0.205. The summed E-state index contributed by atoms with van der Waals surface area (Å²) in [4.78, 5) is 15.7. The molecule has 19 heavy (non-hydrogen) atoms. The second-order valence-electron chi connectivity index (χ2n) is 5.39. The number of nitrogens with zero attached hydrogens (tertiary/aromatic N) is 1. The first-order chi connectivity index (χ1) is 9.04. The third-order valence-corrected chi connectivity index (χ3v) is 4.18. The molecule has 0 radical (unpaired) electrons. The molecule has 104 valence electrons. The number of carbonyl (C=O) groups is 1. The van der Waals surface area contributed by atoms with Crippen LogP contribution in [0.5, 0.6) is 5.75 Å². The smallest absolute Gasteiger partial charge is 0.306 e. The Bertz CT molecular complexity index is 485. The second-order valence-corrected chi connectivity index (χ2v) is 5.39. The summed E-state index contributed by atoms with van der Waals surface area (Å²) in [5, 5.41) is 9.23. The number of carboxylic acids is 1. The molecule has 1 aromatic heterocycles. The molecule has 0 saturated heterocycles. The average molecular weight is 263 g/mol. The Morgan fingerprint density at radius 3 is 2.84 bits per heavy atom. The van der Waals surface area contributed by atoms with Gasteiger partial charge in [-0.25, -0.2) is 0 Å². The van der Waals surface area contributed by atoms with Gasteiger partial charge in [-0.15, -0.1) is 0 Å². The molecule has 0 amide bonds. The maximum absolute atomic E-state index is 11.2. The fourth-order valence-corrected chi connectivity index (χ4v) is 3.13. The molecule has 1 aliphatic carbocycles. The monoisotopic (exact) mass is 263 g/mol. The second kappa shape index (κ2) is 5.59. The van der Waals surface area contributed by atoms with Crippen molar-refractivity contribution in [3.63, 3.8) is 0 Å². The normalized spacial score (nSPS) is 22.5. The summed E-state index contributed by atoms with van der Waals surface area (Å²) >= 11 is 0. The molecule has 1 heterocycles. The molecule has 1 aromatic rings. The molecule has 0 aromatic carbocycles. The zero-order valence-corrected chi connectivity index (χ0v) is 11.8. The Hall–Kier alpha value is -1.58. The Morgan fingerprint density at radius 1 is 1.47 bits per heavy atom. The van der Waals surface area contributed by atoms with Crippen LogP contribution in [-0.2, 0) is 11.2 Å². The number of hydrogen-bond donors (Lipinski definition) is 1. The van der Waals surface area contributed by atoms with Gasteiger partial charge in [-0.05, 0) is 39.0 Å². The maximum atomic E-state index is 11.2. The molecule has 1 saturated carbocycles. The molecule has 2 unspecified atom stereocenters. The molecule has 4 nitrogen and oxygen atoms in total. The highest BCUT2D eigenvalue weighted by Crippen LogP contribution is 2.35. The van der Waals surface area contributed by atoms with Crippen molar-refractivity contribution in [1.29, 1.82) is 0 Å². The highest BCUT2D eigenvalue weighted by Gasteiger charge is 2.33. The molecule has 2 rings (SSSR count). The summed E-state index contributed by atoms with van der Waals surface area (Å²) in [6.45, 7) is 3.97. The van der Waals surface area contributed by atoms with E-state index in [1.165, 1.54) is 0 Å². The number of aryl methyl sites for hydroxylation is 1. The van der Waals surface area contributed by atoms with Gasteiger partial charge in [0, 0.05) is 23.0 Å². The maximum Gasteiger partial charge on any atom is 0.306 e. The summed E-state index contributed by atoms with van der Waals surface area (Å²) in [6, 6.07) is 0. The number of aromatic nitrogens is 1. The van der Waals surface area contributed by atoms with Crippen LogP contribution in [0.4, 0.5) is 0 Å². The first kappa shape index (κ1) is 13.8. The first-order valence-electron chi connectivity index (χ1n) is 6.76. The Labute approximate surface area is 113 Å². The fourth-order valence-electron chi connectivity index (χ4n) is 3.13. The third kappa shape index (κ3) is 2.72. The van der Waals surface area contributed by atoms with Gasteiger partial charge >= 0.3 is 5.97 Å². The van der Waals surface area contributed by atoms with Crippen molar-refractivity contribution >= 4 is 5.97 Å².